The zero-order valence-electron chi connectivity index (χ0n) is 14.3. The van der Waals surface area contributed by atoms with Gasteiger partial charge in [-0.3, -0.25) is 9.89 Å². The van der Waals surface area contributed by atoms with E-state index >= 15 is 0 Å². The van der Waals surface area contributed by atoms with Gasteiger partial charge in [0.25, 0.3) is 0 Å². The zero-order chi connectivity index (χ0) is 18.4. The Labute approximate surface area is 165 Å². The van der Waals surface area contributed by atoms with Gasteiger partial charge in [0.2, 0.25) is 11.1 Å². The number of rotatable bonds is 7. The second-order valence-electron chi connectivity index (χ2n) is 5.73. The number of aromatic amines is 1. The first-order chi connectivity index (χ1) is 12.6. The summed E-state index contributed by atoms with van der Waals surface area (Å²) in [6.07, 6.45) is 0.816. The van der Waals surface area contributed by atoms with Crippen LogP contribution >= 0.6 is 27.7 Å². The van der Waals surface area contributed by atoms with Gasteiger partial charge in [-0.1, -0.05) is 76.2 Å². The largest absolute Gasteiger partial charge is 0.355 e. The lowest BCUT2D eigenvalue weighted by Gasteiger charge is -2.10. The second kappa shape index (κ2) is 9.00. The van der Waals surface area contributed by atoms with Gasteiger partial charge < -0.3 is 5.32 Å². The first-order valence-corrected chi connectivity index (χ1v) is 9.96. The van der Waals surface area contributed by atoms with Crippen molar-refractivity contribution < 1.29 is 4.79 Å². The van der Waals surface area contributed by atoms with Crippen LogP contribution in [0.3, 0.4) is 0 Å². The van der Waals surface area contributed by atoms with E-state index in [2.05, 4.69) is 48.6 Å². The third-order valence-electron chi connectivity index (χ3n) is 3.80. The van der Waals surface area contributed by atoms with Crippen molar-refractivity contribution in [3.63, 3.8) is 0 Å². The molecule has 134 valence electrons. The van der Waals surface area contributed by atoms with Crippen molar-refractivity contribution in [1.82, 2.24) is 20.5 Å². The van der Waals surface area contributed by atoms with E-state index < -0.39 is 0 Å². The summed E-state index contributed by atoms with van der Waals surface area (Å²) in [4.78, 5) is 16.7. The van der Waals surface area contributed by atoms with Crippen molar-refractivity contribution in [2.75, 3.05) is 6.54 Å². The molecule has 0 aliphatic heterocycles. The number of benzene rings is 2. The van der Waals surface area contributed by atoms with Crippen molar-refractivity contribution >= 4 is 33.6 Å². The van der Waals surface area contributed by atoms with E-state index in [0.717, 1.165) is 16.5 Å². The summed E-state index contributed by atoms with van der Waals surface area (Å²) in [5.74, 6) is 0.662. The molecule has 3 rings (SSSR count). The molecule has 0 unspecified atom stereocenters. The van der Waals surface area contributed by atoms with E-state index in [9.17, 15) is 4.79 Å². The van der Waals surface area contributed by atoms with Gasteiger partial charge >= 0.3 is 0 Å². The molecule has 0 radical (unpaired) electrons. The number of H-pyrrole nitrogens is 1. The fourth-order valence-electron chi connectivity index (χ4n) is 2.40. The minimum atomic E-state index is -0.270. The Morgan fingerprint density at radius 3 is 2.69 bits per heavy atom. The van der Waals surface area contributed by atoms with E-state index in [1.54, 1.807) is 0 Å². The van der Waals surface area contributed by atoms with E-state index in [-0.39, 0.29) is 11.2 Å². The molecule has 0 saturated heterocycles. The van der Waals surface area contributed by atoms with Gasteiger partial charge in [0.1, 0.15) is 0 Å². The number of hydrogen-bond donors (Lipinski definition) is 2. The Morgan fingerprint density at radius 2 is 1.92 bits per heavy atom. The monoisotopic (exact) mass is 430 g/mol. The maximum absolute atomic E-state index is 12.3. The molecule has 2 N–H and O–H groups in total. The average molecular weight is 431 g/mol. The summed E-state index contributed by atoms with van der Waals surface area (Å²) in [5.41, 5.74) is 2.15. The molecule has 0 spiro atoms. The van der Waals surface area contributed by atoms with Gasteiger partial charge in [-0.2, -0.15) is 0 Å². The maximum atomic E-state index is 12.3. The summed E-state index contributed by atoms with van der Waals surface area (Å²) < 4.78 is 0.944. The number of carbonyl (C=O) groups is 1. The van der Waals surface area contributed by atoms with Gasteiger partial charge in [0.15, 0.2) is 5.82 Å². The van der Waals surface area contributed by atoms with Crippen LogP contribution in [0.4, 0.5) is 0 Å². The fraction of sp³-hybridized carbons (Fsp3) is 0.211. The third kappa shape index (κ3) is 4.95. The molecule has 7 heteroatoms. The molecule has 0 aliphatic carbocycles. The predicted molar refractivity (Wildman–Crippen MR) is 108 cm³/mol. The number of thioether (sulfide) groups is 1. The molecule has 2 aromatic carbocycles. The van der Waals surface area contributed by atoms with Gasteiger partial charge in [-0.15, -0.1) is 5.10 Å². The number of aromatic nitrogens is 3. The van der Waals surface area contributed by atoms with E-state index in [4.69, 9.17) is 0 Å². The van der Waals surface area contributed by atoms with E-state index in [0.29, 0.717) is 17.5 Å². The average Bonchev–Trinajstić information content (AvgIpc) is 3.11. The highest BCUT2D eigenvalue weighted by atomic mass is 79.9. The number of carbonyl (C=O) groups excluding carboxylic acids is 1. The standard InChI is InChI=1S/C19H19BrN4OS/c1-13(18(25)21-12-11-14-7-3-2-4-8-14)26-19-22-17(23-24-19)15-9-5-6-10-16(15)20/h2-10,13H,11-12H2,1H3,(H,21,25)(H,22,23,24)/t13-/m0/s1. The van der Waals surface area contributed by atoms with Crippen LogP contribution in [-0.2, 0) is 11.2 Å². The maximum Gasteiger partial charge on any atom is 0.233 e. The topological polar surface area (TPSA) is 70.7 Å². The quantitative estimate of drug-likeness (QED) is 0.554. The van der Waals surface area contributed by atoms with Crippen molar-refractivity contribution in [1.29, 1.82) is 0 Å². The van der Waals surface area contributed by atoms with Crippen molar-refractivity contribution in [2.45, 2.75) is 23.8 Å². The van der Waals surface area contributed by atoms with Crippen LogP contribution in [0.5, 0.6) is 0 Å². The number of nitrogens with one attached hydrogen (secondary N) is 2. The molecular weight excluding hydrogens is 412 g/mol. The summed E-state index contributed by atoms with van der Waals surface area (Å²) in [6.45, 7) is 2.47. The normalized spacial score (nSPS) is 11.9. The minimum absolute atomic E-state index is 0.0156. The smallest absolute Gasteiger partial charge is 0.233 e. The molecule has 1 aromatic heterocycles. The Hall–Kier alpha value is -2.12. The molecule has 0 aliphatic rings. The van der Waals surface area contributed by atoms with Gasteiger partial charge in [-0.05, 0) is 25.0 Å². The summed E-state index contributed by atoms with van der Waals surface area (Å²) in [6, 6.07) is 17.9. The molecule has 26 heavy (non-hydrogen) atoms. The van der Waals surface area contributed by atoms with Crippen LogP contribution < -0.4 is 5.32 Å². The van der Waals surface area contributed by atoms with Gasteiger partial charge in [0, 0.05) is 16.6 Å². The SMILES string of the molecule is C[C@H](Sc1n[nH]c(-c2ccccc2Br)n1)C(=O)NCCc1ccccc1. The summed E-state index contributed by atoms with van der Waals surface area (Å²) in [5, 5.41) is 10.4. The molecule has 1 heterocycles. The third-order valence-corrected chi connectivity index (χ3v) is 5.45. The Morgan fingerprint density at radius 1 is 1.19 bits per heavy atom. The highest BCUT2D eigenvalue weighted by Crippen LogP contribution is 2.27. The minimum Gasteiger partial charge on any atom is -0.355 e. The van der Waals surface area contributed by atoms with Crippen LogP contribution in [0.2, 0.25) is 0 Å². The molecule has 1 amide bonds. The summed E-state index contributed by atoms with van der Waals surface area (Å²) >= 11 is 4.84. The lowest BCUT2D eigenvalue weighted by atomic mass is 10.1. The number of hydrogen-bond acceptors (Lipinski definition) is 4. The lowest BCUT2D eigenvalue weighted by molar-refractivity contribution is -0.120. The highest BCUT2D eigenvalue weighted by Gasteiger charge is 2.17. The van der Waals surface area contributed by atoms with Crippen LogP contribution in [-0.4, -0.2) is 32.9 Å². The second-order valence-corrected chi connectivity index (χ2v) is 7.90. The van der Waals surface area contributed by atoms with Crippen molar-refractivity contribution in [3.8, 4) is 11.4 Å². The Kier molecular flexibility index (Phi) is 6.46. The molecule has 0 saturated carbocycles. The van der Waals surface area contributed by atoms with Crippen LogP contribution in [0.1, 0.15) is 12.5 Å². The zero-order valence-corrected chi connectivity index (χ0v) is 16.7. The van der Waals surface area contributed by atoms with E-state index in [1.807, 2.05) is 49.4 Å². The molecule has 1 atom stereocenters. The van der Waals surface area contributed by atoms with Crippen LogP contribution in [0, 0.1) is 0 Å². The molecule has 5 nitrogen and oxygen atoms in total. The van der Waals surface area contributed by atoms with Crippen LogP contribution in [0.25, 0.3) is 11.4 Å². The van der Waals surface area contributed by atoms with Gasteiger partial charge in [-0.25, -0.2) is 4.98 Å². The van der Waals surface area contributed by atoms with Crippen molar-refractivity contribution in [2.24, 2.45) is 0 Å². The Bertz CT molecular complexity index is 869. The number of halogens is 1. The lowest BCUT2D eigenvalue weighted by Crippen LogP contribution is -2.32. The number of amides is 1. The van der Waals surface area contributed by atoms with Crippen LogP contribution in [0.15, 0.2) is 64.2 Å². The first kappa shape index (κ1) is 18.7. The van der Waals surface area contributed by atoms with E-state index in [1.165, 1.54) is 17.3 Å². The predicted octanol–water partition coefficient (Wildman–Crippen LogP) is 4.07. The molecular formula is C19H19BrN4OS. The highest BCUT2D eigenvalue weighted by molar-refractivity contribution is 9.10. The number of nitrogens with zero attached hydrogens (tertiary/aromatic N) is 2. The first-order valence-electron chi connectivity index (χ1n) is 8.29. The van der Waals surface area contributed by atoms with Crippen molar-refractivity contribution in [3.05, 3.63) is 64.6 Å². The Balaban J connectivity index is 1.52. The fourth-order valence-corrected chi connectivity index (χ4v) is 3.62. The molecule has 0 fully saturated rings. The van der Waals surface area contributed by atoms with Gasteiger partial charge in [0.05, 0.1) is 5.25 Å². The summed E-state index contributed by atoms with van der Waals surface area (Å²) in [7, 11) is 0. The molecule has 3 aromatic rings. The molecule has 0 bridgehead atoms.